The van der Waals surface area contributed by atoms with Gasteiger partial charge < -0.3 is 15.0 Å². The van der Waals surface area contributed by atoms with Gasteiger partial charge in [0.25, 0.3) is 0 Å². The zero-order valence-corrected chi connectivity index (χ0v) is 15.7. The second-order valence-electron chi connectivity index (χ2n) is 6.87. The Labute approximate surface area is 160 Å². The lowest BCUT2D eigenvalue weighted by atomic mass is 10.1. The molecule has 5 heteroatoms. The van der Waals surface area contributed by atoms with Crippen LogP contribution in [0.1, 0.15) is 17.5 Å². The Bertz CT molecular complexity index is 776. The quantitative estimate of drug-likeness (QED) is 0.781. The molecule has 2 aromatic carbocycles. The SMILES string of the molecule is COc1cccc(CCN2CC(C(=O)NCCc3ccccc3)CC2=O)c1. The molecule has 1 unspecified atom stereocenters. The van der Waals surface area contributed by atoms with E-state index < -0.39 is 0 Å². The van der Waals surface area contributed by atoms with Crippen molar-refractivity contribution < 1.29 is 14.3 Å². The number of benzene rings is 2. The van der Waals surface area contributed by atoms with Crippen LogP contribution in [0.2, 0.25) is 0 Å². The number of hydrogen-bond donors (Lipinski definition) is 1. The molecule has 0 radical (unpaired) electrons. The minimum absolute atomic E-state index is 0.0249. The molecular weight excluding hydrogens is 340 g/mol. The van der Waals surface area contributed by atoms with E-state index in [-0.39, 0.29) is 17.7 Å². The molecule has 1 atom stereocenters. The molecular formula is C22H26N2O3. The maximum absolute atomic E-state index is 12.4. The van der Waals surface area contributed by atoms with Gasteiger partial charge in [-0.3, -0.25) is 9.59 Å². The van der Waals surface area contributed by atoms with Gasteiger partial charge in [0.2, 0.25) is 11.8 Å². The lowest BCUT2D eigenvalue weighted by molar-refractivity contribution is -0.129. The molecule has 3 rings (SSSR count). The Balaban J connectivity index is 1.44. The summed E-state index contributed by atoms with van der Waals surface area (Å²) in [5.74, 6) is 0.596. The largest absolute Gasteiger partial charge is 0.497 e. The molecule has 0 spiro atoms. The standard InChI is InChI=1S/C22H26N2O3/c1-27-20-9-5-8-18(14-20)11-13-24-16-19(15-21(24)25)22(26)23-12-10-17-6-3-2-4-7-17/h2-9,14,19H,10-13,15-16H2,1H3,(H,23,26). The number of amides is 2. The third kappa shape index (κ3) is 5.33. The van der Waals surface area contributed by atoms with Gasteiger partial charge in [-0.15, -0.1) is 0 Å². The van der Waals surface area contributed by atoms with Crippen molar-refractivity contribution in [2.24, 2.45) is 5.92 Å². The minimum Gasteiger partial charge on any atom is -0.497 e. The van der Waals surface area contributed by atoms with Crippen LogP contribution in [-0.4, -0.2) is 43.5 Å². The molecule has 1 aliphatic rings. The normalized spacial score (nSPS) is 16.4. The Morgan fingerprint density at radius 1 is 1.11 bits per heavy atom. The first-order valence-electron chi connectivity index (χ1n) is 9.38. The fraction of sp³-hybridized carbons (Fsp3) is 0.364. The van der Waals surface area contributed by atoms with Gasteiger partial charge in [-0.25, -0.2) is 0 Å². The summed E-state index contributed by atoms with van der Waals surface area (Å²) in [6.45, 7) is 1.72. The van der Waals surface area contributed by atoms with E-state index in [0.29, 0.717) is 26.1 Å². The first kappa shape index (κ1) is 19.0. The number of carbonyl (C=O) groups is 2. The van der Waals surface area contributed by atoms with Gasteiger partial charge in [0.1, 0.15) is 5.75 Å². The van der Waals surface area contributed by atoms with Crippen LogP contribution in [0.15, 0.2) is 54.6 Å². The molecule has 1 saturated heterocycles. The van der Waals surface area contributed by atoms with Crippen molar-refractivity contribution in [2.45, 2.75) is 19.3 Å². The summed E-state index contributed by atoms with van der Waals surface area (Å²) in [6, 6.07) is 17.9. The van der Waals surface area contributed by atoms with Crippen molar-refractivity contribution in [3.8, 4) is 5.75 Å². The summed E-state index contributed by atoms with van der Waals surface area (Å²) in [5.41, 5.74) is 2.32. The molecule has 1 N–H and O–H groups in total. The molecule has 1 fully saturated rings. The molecule has 1 heterocycles. The van der Waals surface area contributed by atoms with Gasteiger partial charge in [0, 0.05) is 26.1 Å². The zero-order valence-electron chi connectivity index (χ0n) is 15.7. The summed E-state index contributed by atoms with van der Waals surface area (Å²) < 4.78 is 5.23. The van der Waals surface area contributed by atoms with Crippen LogP contribution in [-0.2, 0) is 22.4 Å². The first-order valence-corrected chi connectivity index (χ1v) is 9.38. The van der Waals surface area contributed by atoms with E-state index in [4.69, 9.17) is 4.74 Å². The van der Waals surface area contributed by atoms with E-state index >= 15 is 0 Å². The predicted molar refractivity (Wildman–Crippen MR) is 105 cm³/mol. The average molecular weight is 366 g/mol. The highest BCUT2D eigenvalue weighted by molar-refractivity contribution is 5.89. The molecule has 0 aromatic heterocycles. The number of likely N-dealkylation sites (tertiary alicyclic amines) is 1. The maximum atomic E-state index is 12.4. The summed E-state index contributed by atoms with van der Waals surface area (Å²) in [6.07, 6.45) is 1.85. The second kappa shape index (κ2) is 9.21. The number of rotatable bonds is 8. The van der Waals surface area contributed by atoms with Crippen LogP contribution in [0.25, 0.3) is 0 Å². The monoisotopic (exact) mass is 366 g/mol. The third-order valence-corrected chi connectivity index (χ3v) is 4.95. The summed E-state index contributed by atoms with van der Waals surface area (Å²) in [7, 11) is 1.64. The van der Waals surface area contributed by atoms with E-state index in [9.17, 15) is 9.59 Å². The molecule has 0 saturated carbocycles. The van der Waals surface area contributed by atoms with E-state index in [1.165, 1.54) is 5.56 Å². The van der Waals surface area contributed by atoms with E-state index in [0.717, 1.165) is 24.2 Å². The van der Waals surface area contributed by atoms with Gasteiger partial charge in [-0.2, -0.15) is 0 Å². The van der Waals surface area contributed by atoms with Crippen LogP contribution >= 0.6 is 0 Å². The zero-order chi connectivity index (χ0) is 19.1. The molecule has 2 aromatic rings. The molecule has 142 valence electrons. The minimum atomic E-state index is -0.251. The number of carbonyl (C=O) groups excluding carboxylic acids is 2. The van der Waals surface area contributed by atoms with Crippen molar-refractivity contribution in [3.05, 3.63) is 65.7 Å². The summed E-state index contributed by atoms with van der Waals surface area (Å²) in [5, 5.41) is 2.97. The topological polar surface area (TPSA) is 58.6 Å². The molecule has 27 heavy (non-hydrogen) atoms. The number of hydrogen-bond acceptors (Lipinski definition) is 3. The van der Waals surface area contributed by atoms with Crippen molar-refractivity contribution in [1.29, 1.82) is 0 Å². The lowest BCUT2D eigenvalue weighted by Crippen LogP contribution is -2.34. The van der Waals surface area contributed by atoms with Crippen LogP contribution < -0.4 is 10.1 Å². The third-order valence-electron chi connectivity index (χ3n) is 4.95. The van der Waals surface area contributed by atoms with Gasteiger partial charge in [0.05, 0.1) is 13.0 Å². The highest BCUT2D eigenvalue weighted by atomic mass is 16.5. The smallest absolute Gasteiger partial charge is 0.225 e. The molecule has 5 nitrogen and oxygen atoms in total. The highest BCUT2D eigenvalue weighted by Crippen LogP contribution is 2.19. The van der Waals surface area contributed by atoms with Gasteiger partial charge in [-0.1, -0.05) is 42.5 Å². The van der Waals surface area contributed by atoms with Gasteiger partial charge in [-0.05, 0) is 36.1 Å². The fourth-order valence-corrected chi connectivity index (χ4v) is 3.37. The lowest BCUT2D eigenvalue weighted by Gasteiger charge is -2.17. The van der Waals surface area contributed by atoms with E-state index in [1.807, 2.05) is 54.6 Å². The van der Waals surface area contributed by atoms with Crippen LogP contribution in [0, 0.1) is 5.92 Å². The number of ether oxygens (including phenoxy) is 1. The Morgan fingerprint density at radius 3 is 2.67 bits per heavy atom. The maximum Gasteiger partial charge on any atom is 0.225 e. The van der Waals surface area contributed by atoms with Gasteiger partial charge >= 0.3 is 0 Å². The average Bonchev–Trinajstić information content (AvgIpc) is 3.08. The Morgan fingerprint density at radius 2 is 1.89 bits per heavy atom. The molecule has 0 aliphatic carbocycles. The van der Waals surface area contributed by atoms with Crippen molar-refractivity contribution in [1.82, 2.24) is 10.2 Å². The Kier molecular flexibility index (Phi) is 6.47. The molecule has 1 aliphatic heterocycles. The van der Waals surface area contributed by atoms with Crippen molar-refractivity contribution in [3.63, 3.8) is 0 Å². The second-order valence-corrected chi connectivity index (χ2v) is 6.87. The highest BCUT2D eigenvalue weighted by Gasteiger charge is 2.33. The predicted octanol–water partition coefficient (Wildman–Crippen LogP) is 2.45. The number of nitrogens with one attached hydrogen (secondary N) is 1. The van der Waals surface area contributed by atoms with Crippen molar-refractivity contribution in [2.75, 3.05) is 26.7 Å². The van der Waals surface area contributed by atoms with E-state index in [1.54, 1.807) is 12.0 Å². The molecule has 0 bridgehead atoms. The van der Waals surface area contributed by atoms with Crippen molar-refractivity contribution >= 4 is 11.8 Å². The van der Waals surface area contributed by atoms with Crippen LogP contribution in [0.5, 0.6) is 5.75 Å². The number of nitrogens with zero attached hydrogens (tertiary/aromatic N) is 1. The Hall–Kier alpha value is -2.82. The molecule has 2 amide bonds. The van der Waals surface area contributed by atoms with E-state index in [2.05, 4.69) is 5.32 Å². The first-order chi connectivity index (χ1) is 13.2. The van der Waals surface area contributed by atoms with Gasteiger partial charge in [0.15, 0.2) is 0 Å². The summed E-state index contributed by atoms with van der Waals surface area (Å²) in [4.78, 5) is 26.4. The van der Waals surface area contributed by atoms with Crippen LogP contribution in [0.4, 0.5) is 0 Å². The fourth-order valence-electron chi connectivity index (χ4n) is 3.37. The summed E-state index contributed by atoms with van der Waals surface area (Å²) >= 11 is 0. The van der Waals surface area contributed by atoms with Crippen LogP contribution in [0.3, 0.4) is 0 Å². The number of methoxy groups -OCH3 is 1.